The number of hydrogen-bond donors (Lipinski definition) is 1. The van der Waals surface area contributed by atoms with Crippen LogP contribution >= 0.6 is 0 Å². The number of carboxylic acids is 1. The van der Waals surface area contributed by atoms with Crippen LogP contribution in [0.25, 0.3) is 28.3 Å². The summed E-state index contributed by atoms with van der Waals surface area (Å²) in [5.74, 6) is -1.23. The van der Waals surface area contributed by atoms with Crippen molar-refractivity contribution >= 4 is 29.1 Å². The van der Waals surface area contributed by atoms with Gasteiger partial charge in [0.05, 0.1) is 0 Å². The summed E-state index contributed by atoms with van der Waals surface area (Å²) in [6.07, 6.45) is 1.37. The molecule has 0 bridgehead atoms. The van der Waals surface area contributed by atoms with Gasteiger partial charge in [0.15, 0.2) is 0 Å². The van der Waals surface area contributed by atoms with E-state index in [2.05, 4.69) is 116 Å². The lowest BCUT2D eigenvalue weighted by Crippen LogP contribution is -2.09. The van der Waals surface area contributed by atoms with Crippen molar-refractivity contribution in [1.29, 1.82) is 5.26 Å². The fourth-order valence-electron chi connectivity index (χ4n) is 4.57. The highest BCUT2D eigenvalue weighted by Gasteiger charge is 2.13. The molecule has 5 rings (SSSR count). The Morgan fingerprint density at radius 2 is 0.925 bits per heavy atom. The number of aryl methyl sites for hydroxylation is 2. The van der Waals surface area contributed by atoms with Crippen molar-refractivity contribution in [3.8, 4) is 28.3 Å². The van der Waals surface area contributed by atoms with E-state index < -0.39 is 5.97 Å². The Bertz CT molecular complexity index is 1650. The van der Waals surface area contributed by atoms with Crippen molar-refractivity contribution in [2.75, 3.05) is 4.90 Å². The maximum atomic E-state index is 11.1. The van der Waals surface area contributed by atoms with E-state index in [9.17, 15) is 4.79 Å². The quantitative estimate of drug-likeness (QED) is 0.172. The van der Waals surface area contributed by atoms with E-state index in [0.717, 1.165) is 39.3 Å². The second-order valence-corrected chi connectivity index (χ2v) is 9.73. The lowest BCUT2D eigenvalue weighted by atomic mass is 9.99. The summed E-state index contributed by atoms with van der Waals surface area (Å²) < 4.78 is 0. The van der Waals surface area contributed by atoms with Gasteiger partial charge in [0.25, 0.3) is 0 Å². The normalized spacial score (nSPS) is 11.1. The molecule has 0 aliphatic rings. The molecule has 40 heavy (non-hydrogen) atoms. The van der Waals surface area contributed by atoms with E-state index in [-0.39, 0.29) is 5.57 Å². The maximum absolute atomic E-state index is 11.1. The van der Waals surface area contributed by atoms with Gasteiger partial charge in [-0.2, -0.15) is 5.26 Å². The van der Waals surface area contributed by atoms with Crippen LogP contribution in [0.1, 0.15) is 16.7 Å². The summed E-state index contributed by atoms with van der Waals surface area (Å²) in [5, 5.41) is 18.0. The first-order valence-corrected chi connectivity index (χ1v) is 13.0. The number of anilines is 3. The summed E-state index contributed by atoms with van der Waals surface area (Å²) in [5.41, 5.74) is 10.5. The van der Waals surface area contributed by atoms with Gasteiger partial charge >= 0.3 is 5.97 Å². The van der Waals surface area contributed by atoms with Gasteiger partial charge in [-0.05, 0) is 84.1 Å². The van der Waals surface area contributed by atoms with Crippen LogP contribution in [0.3, 0.4) is 0 Å². The van der Waals surface area contributed by atoms with Gasteiger partial charge in [-0.15, -0.1) is 0 Å². The van der Waals surface area contributed by atoms with Gasteiger partial charge in [0, 0.05) is 17.1 Å². The summed E-state index contributed by atoms with van der Waals surface area (Å²) in [6.45, 7) is 4.20. The van der Waals surface area contributed by atoms with Gasteiger partial charge in [-0.1, -0.05) is 96.1 Å². The van der Waals surface area contributed by atoms with E-state index in [1.54, 1.807) is 6.07 Å². The first kappa shape index (κ1) is 26.2. The van der Waals surface area contributed by atoms with Crippen molar-refractivity contribution in [3.63, 3.8) is 0 Å². The van der Waals surface area contributed by atoms with E-state index in [4.69, 9.17) is 10.4 Å². The first-order chi connectivity index (χ1) is 19.4. The summed E-state index contributed by atoms with van der Waals surface area (Å²) in [4.78, 5) is 13.3. The van der Waals surface area contributed by atoms with Gasteiger partial charge in [-0.3, -0.25) is 0 Å². The molecular formula is C36H28N2O2. The average molecular weight is 521 g/mol. The van der Waals surface area contributed by atoms with Gasteiger partial charge in [0.1, 0.15) is 11.6 Å². The molecule has 0 amide bonds. The Balaban J connectivity index is 1.38. The monoisotopic (exact) mass is 520 g/mol. The van der Waals surface area contributed by atoms with E-state index in [1.807, 2.05) is 24.3 Å². The smallest absolute Gasteiger partial charge is 0.346 e. The molecule has 0 saturated carbocycles. The highest BCUT2D eigenvalue weighted by atomic mass is 16.4. The van der Waals surface area contributed by atoms with E-state index >= 15 is 0 Å². The van der Waals surface area contributed by atoms with Crippen molar-refractivity contribution in [2.45, 2.75) is 13.8 Å². The molecule has 5 aromatic carbocycles. The molecule has 5 aromatic rings. The van der Waals surface area contributed by atoms with Crippen LogP contribution in [0, 0.1) is 25.2 Å². The Hall–Kier alpha value is -5.40. The van der Waals surface area contributed by atoms with Crippen LogP contribution < -0.4 is 4.90 Å². The fourth-order valence-corrected chi connectivity index (χ4v) is 4.57. The third-order valence-corrected chi connectivity index (χ3v) is 6.83. The van der Waals surface area contributed by atoms with Crippen LogP contribution in [-0.2, 0) is 4.79 Å². The predicted octanol–water partition coefficient (Wildman–Crippen LogP) is 9.10. The minimum atomic E-state index is -1.23. The molecule has 0 aromatic heterocycles. The topological polar surface area (TPSA) is 64.3 Å². The molecule has 4 nitrogen and oxygen atoms in total. The van der Waals surface area contributed by atoms with Crippen LogP contribution in [0.2, 0.25) is 0 Å². The molecule has 0 unspecified atom stereocenters. The summed E-state index contributed by atoms with van der Waals surface area (Å²) in [6, 6.07) is 43.3. The largest absolute Gasteiger partial charge is 0.477 e. The minimum absolute atomic E-state index is 0.288. The van der Waals surface area contributed by atoms with Crippen LogP contribution in [0.5, 0.6) is 0 Å². The number of carboxylic acid groups (broad SMARTS) is 1. The van der Waals surface area contributed by atoms with Gasteiger partial charge < -0.3 is 10.0 Å². The van der Waals surface area contributed by atoms with Crippen molar-refractivity contribution in [3.05, 3.63) is 144 Å². The molecular weight excluding hydrogens is 492 g/mol. The fraction of sp³-hybridized carbons (Fsp3) is 0.0556. The number of nitrogens with zero attached hydrogens (tertiary/aromatic N) is 2. The Labute approximate surface area is 234 Å². The van der Waals surface area contributed by atoms with E-state index in [0.29, 0.717) is 5.56 Å². The number of rotatable bonds is 7. The zero-order valence-corrected chi connectivity index (χ0v) is 22.4. The molecule has 0 atom stereocenters. The standard InChI is InChI=1S/C36H28N2O2/c1-25-3-17-33(18-4-25)38(34-19-5-26(2)6-20-34)35-21-15-31(16-22-35)30-13-11-29(12-14-30)28-9-7-27(8-10-28)23-32(24-37)36(39)40/h3-23H,1-2H3,(H,39,40)/b32-23-. The van der Waals surface area contributed by atoms with Crippen LogP contribution in [-0.4, -0.2) is 11.1 Å². The molecule has 0 aliphatic carbocycles. The molecule has 0 heterocycles. The van der Waals surface area contributed by atoms with E-state index in [1.165, 1.54) is 17.2 Å². The number of hydrogen-bond acceptors (Lipinski definition) is 3. The second kappa shape index (κ2) is 11.6. The number of benzene rings is 5. The molecule has 194 valence electrons. The summed E-state index contributed by atoms with van der Waals surface area (Å²) in [7, 11) is 0. The maximum Gasteiger partial charge on any atom is 0.346 e. The lowest BCUT2D eigenvalue weighted by molar-refractivity contribution is -0.132. The zero-order valence-electron chi connectivity index (χ0n) is 22.4. The second-order valence-electron chi connectivity index (χ2n) is 9.73. The summed E-state index contributed by atoms with van der Waals surface area (Å²) >= 11 is 0. The van der Waals surface area contributed by atoms with Crippen LogP contribution in [0.4, 0.5) is 17.1 Å². The third-order valence-electron chi connectivity index (χ3n) is 6.83. The van der Waals surface area contributed by atoms with Crippen molar-refractivity contribution < 1.29 is 9.90 Å². The van der Waals surface area contributed by atoms with Crippen molar-refractivity contribution in [2.24, 2.45) is 0 Å². The average Bonchev–Trinajstić information content (AvgIpc) is 2.98. The SMILES string of the molecule is Cc1ccc(N(c2ccc(C)cc2)c2ccc(-c3ccc(-c4ccc(/C=C(/C#N)C(=O)O)cc4)cc3)cc2)cc1. The molecule has 0 aliphatic heterocycles. The van der Waals surface area contributed by atoms with Crippen molar-refractivity contribution in [1.82, 2.24) is 0 Å². The Morgan fingerprint density at radius 1 is 0.600 bits per heavy atom. The number of aliphatic carboxylic acids is 1. The molecule has 0 fully saturated rings. The Kier molecular flexibility index (Phi) is 7.57. The molecule has 4 heteroatoms. The van der Waals surface area contributed by atoms with Gasteiger partial charge in [-0.25, -0.2) is 4.79 Å². The number of carbonyl (C=O) groups is 1. The highest BCUT2D eigenvalue weighted by Crippen LogP contribution is 2.36. The van der Waals surface area contributed by atoms with Crippen LogP contribution in [0.15, 0.2) is 127 Å². The van der Waals surface area contributed by atoms with Gasteiger partial charge in [0.2, 0.25) is 0 Å². The predicted molar refractivity (Wildman–Crippen MR) is 163 cm³/mol. The highest BCUT2D eigenvalue weighted by molar-refractivity contribution is 5.96. The Morgan fingerprint density at radius 3 is 1.27 bits per heavy atom. The zero-order chi connectivity index (χ0) is 28.1. The molecule has 0 saturated heterocycles. The molecule has 0 radical (unpaired) electrons. The number of nitriles is 1. The minimum Gasteiger partial charge on any atom is -0.477 e. The third kappa shape index (κ3) is 5.85. The molecule has 0 spiro atoms. The lowest BCUT2D eigenvalue weighted by Gasteiger charge is -2.26. The molecule has 1 N–H and O–H groups in total. The first-order valence-electron chi connectivity index (χ1n) is 13.0.